The molecule has 10 nitrogen and oxygen atoms in total. The van der Waals surface area contributed by atoms with Gasteiger partial charge in [0.15, 0.2) is 0 Å². The van der Waals surface area contributed by atoms with Gasteiger partial charge in [-0.3, -0.25) is 14.9 Å². The van der Waals surface area contributed by atoms with Crippen LogP contribution in [0, 0.1) is 32.8 Å². The Balaban J connectivity index is -0.000000216. The van der Waals surface area contributed by atoms with Gasteiger partial charge < -0.3 is 21.4 Å². The maximum absolute atomic E-state index is 10.5. The molecule has 2 aromatic carbocycles. The summed E-state index contributed by atoms with van der Waals surface area (Å²) in [5.74, 6) is -0.211. The SMILES string of the molecule is CCOC(C)=O.N#CCc1ccc(N)c(Cl)c1Br.N#CCc1ccc([N+](=O)[O-])c(Cl)c1Br.O.O.[Cl][Sn][Cl]. The van der Waals surface area contributed by atoms with Crippen LogP contribution in [0.4, 0.5) is 11.4 Å². The standard InChI is InChI=1S/C8H4BrClN2O2.C8H6BrClN2.C4H8O2.2ClH.2H2O.Sn/c9-7-5(3-4-11)1-2-6(8(7)10)12(13)14;9-7-5(3-4-11)1-2-6(12)8(7)10;1-3-6-4(2)5;;;;;/h1-2H,3H2;1-2H,3,12H2;3H2,1-2H3;2*1H;2*1H2;/q;;;;;;;+2/p-2. The molecule has 0 fully saturated rings. The van der Waals surface area contributed by atoms with Crippen LogP contribution < -0.4 is 5.73 Å². The van der Waals surface area contributed by atoms with Crippen LogP contribution in [0.2, 0.25) is 10.0 Å². The van der Waals surface area contributed by atoms with E-state index in [1.807, 2.05) is 12.1 Å². The van der Waals surface area contributed by atoms with Gasteiger partial charge in [-0.15, -0.1) is 0 Å². The van der Waals surface area contributed by atoms with Crippen molar-refractivity contribution in [1.29, 1.82) is 10.5 Å². The molecule has 0 aliphatic rings. The van der Waals surface area contributed by atoms with Crippen molar-refractivity contribution in [2.45, 2.75) is 26.7 Å². The van der Waals surface area contributed by atoms with Crippen LogP contribution >= 0.6 is 72.9 Å². The molecular weight excluding hydrogens is 813 g/mol. The third-order valence-corrected chi connectivity index (χ3v) is 6.48. The summed E-state index contributed by atoms with van der Waals surface area (Å²) in [5, 5.41) is 27.9. The molecule has 2 aromatic rings. The van der Waals surface area contributed by atoms with E-state index in [9.17, 15) is 14.9 Å². The normalized spacial score (nSPS) is 8.38. The molecule has 0 saturated carbocycles. The summed E-state index contributed by atoms with van der Waals surface area (Å²) < 4.78 is 5.53. The first-order valence-electron chi connectivity index (χ1n) is 9.10. The maximum atomic E-state index is 10.5. The van der Waals surface area contributed by atoms with Crippen molar-refractivity contribution >= 4 is 109 Å². The topological polar surface area (TPSA) is 206 Å². The molecule has 6 N–H and O–H groups in total. The number of rotatable bonds is 4. The number of benzene rings is 2. The number of nitriles is 2. The number of halogens is 6. The molecule has 0 atom stereocenters. The number of nitrogen functional groups attached to an aromatic ring is 1. The van der Waals surface area contributed by atoms with Gasteiger partial charge in [-0.1, -0.05) is 29.3 Å². The summed E-state index contributed by atoms with van der Waals surface area (Å²) >= 11 is 17.1. The first-order chi connectivity index (χ1) is 16.4. The summed E-state index contributed by atoms with van der Waals surface area (Å²) in [6.45, 7) is 3.65. The van der Waals surface area contributed by atoms with Crippen molar-refractivity contribution in [2.24, 2.45) is 0 Å². The molecule has 0 aliphatic heterocycles. The molecule has 0 aromatic heterocycles. The van der Waals surface area contributed by atoms with Crippen molar-refractivity contribution in [3.63, 3.8) is 0 Å². The van der Waals surface area contributed by atoms with E-state index in [1.54, 1.807) is 19.1 Å². The van der Waals surface area contributed by atoms with Crippen molar-refractivity contribution in [2.75, 3.05) is 12.3 Å². The zero-order valence-corrected chi connectivity index (χ0v) is 28.3. The van der Waals surface area contributed by atoms with Crippen LogP contribution in [-0.4, -0.2) is 47.3 Å². The number of carbonyl (C=O) groups excluding carboxylic acids is 1. The van der Waals surface area contributed by atoms with Crippen LogP contribution in [-0.2, 0) is 22.4 Å². The number of carbonyl (C=O) groups is 1. The number of esters is 1. The van der Waals surface area contributed by atoms with Gasteiger partial charge >= 0.3 is 42.7 Å². The van der Waals surface area contributed by atoms with Crippen molar-refractivity contribution in [3.05, 3.63) is 64.5 Å². The van der Waals surface area contributed by atoms with E-state index in [2.05, 4.69) is 36.6 Å². The minimum atomic E-state index is -0.826. The molecule has 0 unspecified atom stereocenters. The molecule has 0 aliphatic carbocycles. The quantitative estimate of drug-likeness (QED) is 0.133. The Bertz CT molecular complexity index is 1090. The molecule has 17 heteroatoms. The van der Waals surface area contributed by atoms with Crippen LogP contribution in [0.15, 0.2) is 33.2 Å². The second-order valence-electron chi connectivity index (χ2n) is 5.74. The Hall–Kier alpha value is -1.07. The zero-order valence-electron chi connectivity index (χ0n) is 19.3. The molecule has 2 rings (SSSR count). The fraction of sp³-hybridized carbons (Fsp3) is 0.250. The summed E-state index contributed by atoms with van der Waals surface area (Å²) in [4.78, 5) is 19.7. The van der Waals surface area contributed by atoms with Gasteiger partial charge in [-0.25, -0.2) is 0 Å². The number of nitrogens with zero attached hydrogens (tertiary/aromatic N) is 3. The predicted molar refractivity (Wildman–Crippen MR) is 155 cm³/mol. The second-order valence-corrected chi connectivity index (χ2v) is 12.3. The Morgan fingerprint density at radius 2 is 1.46 bits per heavy atom. The van der Waals surface area contributed by atoms with E-state index in [1.165, 1.54) is 19.1 Å². The summed E-state index contributed by atoms with van der Waals surface area (Å²) in [5.41, 5.74) is 7.39. The van der Waals surface area contributed by atoms with Gasteiger partial charge in [0.05, 0.1) is 47.2 Å². The predicted octanol–water partition coefficient (Wildman–Crippen LogP) is 5.75. The monoisotopic (exact) mass is 832 g/mol. The number of hydrogen-bond donors (Lipinski definition) is 1. The Labute approximate surface area is 258 Å². The van der Waals surface area contributed by atoms with Crippen molar-refractivity contribution in [1.82, 2.24) is 0 Å². The van der Waals surface area contributed by atoms with Gasteiger partial charge in [0.25, 0.3) is 5.69 Å². The molecule has 0 spiro atoms. The fourth-order valence-electron chi connectivity index (χ4n) is 1.97. The first-order valence-corrected chi connectivity index (χ1v) is 18.7. The van der Waals surface area contributed by atoms with Crippen LogP contribution in [0.3, 0.4) is 0 Å². The number of nitro groups is 1. The summed E-state index contributed by atoms with van der Waals surface area (Å²) in [6.07, 6.45) is 0.499. The fourth-order valence-corrected chi connectivity index (χ4v) is 3.39. The Kier molecular flexibility index (Phi) is 29.3. The van der Waals surface area contributed by atoms with Crippen molar-refractivity contribution in [3.8, 4) is 12.1 Å². The molecule has 204 valence electrons. The third-order valence-electron chi connectivity index (χ3n) is 3.42. The summed E-state index contributed by atoms with van der Waals surface area (Å²) in [6, 6.07) is 10.3. The Morgan fingerprint density at radius 3 is 1.78 bits per heavy atom. The molecule has 0 amide bonds. The molecular formula is C20H22Br2Cl4N4O6Sn. The molecule has 2 radical (unpaired) electrons. The van der Waals surface area contributed by atoms with Crippen molar-refractivity contribution < 1.29 is 25.4 Å². The molecule has 0 heterocycles. The first kappa shape index (κ1) is 43.0. The van der Waals surface area contributed by atoms with Gasteiger partial charge in [0, 0.05) is 21.9 Å². The summed E-state index contributed by atoms with van der Waals surface area (Å²) in [7, 11) is 9.87. The second kappa shape index (κ2) is 25.2. The molecule has 0 saturated heterocycles. The number of ether oxygens (including phenoxy) is 1. The molecule has 37 heavy (non-hydrogen) atoms. The van der Waals surface area contributed by atoms with E-state index in [0.717, 1.165) is 5.56 Å². The van der Waals surface area contributed by atoms with Gasteiger partial charge in [0.2, 0.25) is 0 Å². The van der Waals surface area contributed by atoms with Gasteiger partial charge in [0.1, 0.15) is 5.02 Å². The minimum absolute atomic E-state index is 0. The van der Waals surface area contributed by atoms with Crippen LogP contribution in [0.5, 0.6) is 0 Å². The van der Waals surface area contributed by atoms with E-state index < -0.39 is 23.8 Å². The van der Waals surface area contributed by atoms with E-state index in [4.69, 9.17) is 57.3 Å². The van der Waals surface area contributed by atoms with E-state index in [-0.39, 0.29) is 34.1 Å². The number of hydrogen-bond acceptors (Lipinski definition) is 7. The zero-order chi connectivity index (χ0) is 27.6. The Morgan fingerprint density at radius 1 is 1.05 bits per heavy atom. The van der Waals surface area contributed by atoms with Crippen LogP contribution in [0.25, 0.3) is 0 Å². The van der Waals surface area contributed by atoms with Crippen LogP contribution in [0.1, 0.15) is 25.0 Å². The number of nitrogens with two attached hydrogens (primary N) is 1. The molecule has 0 bridgehead atoms. The average Bonchev–Trinajstić information content (AvgIpc) is 2.79. The van der Waals surface area contributed by atoms with E-state index >= 15 is 0 Å². The van der Waals surface area contributed by atoms with Gasteiger partial charge in [-0.2, -0.15) is 10.5 Å². The third kappa shape index (κ3) is 18.0. The average molecular weight is 835 g/mol. The van der Waals surface area contributed by atoms with Gasteiger partial charge in [-0.05, 0) is 62.0 Å². The number of anilines is 1. The number of nitro benzene ring substituents is 1. The van der Waals surface area contributed by atoms with E-state index in [0.29, 0.717) is 38.2 Å².